The van der Waals surface area contributed by atoms with Gasteiger partial charge in [-0.05, 0) is 12.1 Å². The maximum atomic E-state index is 11.0. The molecule has 2 N–H and O–H groups in total. The van der Waals surface area contributed by atoms with Crippen LogP contribution in [0.5, 0.6) is 0 Å². The first-order chi connectivity index (χ1) is 6.72. The lowest BCUT2D eigenvalue weighted by atomic mass is 10.2. The van der Waals surface area contributed by atoms with E-state index in [1.54, 1.807) is 18.2 Å². The Labute approximate surface area is 77.6 Å². The van der Waals surface area contributed by atoms with E-state index in [2.05, 4.69) is 9.97 Å². The van der Waals surface area contributed by atoms with Crippen LogP contribution in [0.4, 0.5) is 0 Å². The number of fused-ring (bicyclic) bond motifs is 1. The van der Waals surface area contributed by atoms with E-state index in [1.165, 1.54) is 0 Å². The van der Waals surface area contributed by atoms with E-state index in [4.69, 9.17) is 5.26 Å². The lowest BCUT2D eigenvalue weighted by Crippen LogP contribution is -2.29. The van der Waals surface area contributed by atoms with Gasteiger partial charge in [-0.15, -0.1) is 0 Å². The molecule has 0 aliphatic heterocycles. The second-order valence-electron chi connectivity index (χ2n) is 2.75. The molecule has 0 saturated carbocycles. The zero-order valence-corrected chi connectivity index (χ0v) is 7.00. The topological polar surface area (TPSA) is 89.5 Å². The van der Waals surface area contributed by atoms with Crippen LogP contribution in [0.25, 0.3) is 11.0 Å². The SMILES string of the molecule is N#Cc1cccc2[nH]c(=O)c(=O)[nH]c12. The number of rotatable bonds is 0. The van der Waals surface area contributed by atoms with E-state index in [0.717, 1.165) is 0 Å². The van der Waals surface area contributed by atoms with E-state index in [1.807, 2.05) is 6.07 Å². The van der Waals surface area contributed by atoms with Crippen LogP contribution in [0.15, 0.2) is 27.8 Å². The molecule has 0 radical (unpaired) electrons. The summed E-state index contributed by atoms with van der Waals surface area (Å²) in [7, 11) is 0. The fourth-order valence-electron chi connectivity index (χ4n) is 1.23. The van der Waals surface area contributed by atoms with Gasteiger partial charge in [-0.1, -0.05) is 6.07 Å². The Morgan fingerprint density at radius 3 is 2.57 bits per heavy atom. The number of nitriles is 1. The van der Waals surface area contributed by atoms with Gasteiger partial charge in [0.25, 0.3) is 0 Å². The first-order valence-electron chi connectivity index (χ1n) is 3.88. The standard InChI is InChI=1S/C9H5N3O2/c10-4-5-2-1-3-6-7(5)12-9(14)8(13)11-6/h1-3H,(H,11,13)(H,12,14). The Hall–Kier alpha value is -2.35. The fraction of sp³-hybridized carbons (Fsp3) is 0. The minimum absolute atomic E-state index is 0.329. The molecule has 1 aromatic carbocycles. The fourth-order valence-corrected chi connectivity index (χ4v) is 1.23. The Morgan fingerprint density at radius 1 is 1.14 bits per heavy atom. The molecule has 0 spiro atoms. The molecule has 5 heteroatoms. The Morgan fingerprint density at radius 2 is 1.86 bits per heavy atom. The van der Waals surface area contributed by atoms with Gasteiger partial charge in [-0.3, -0.25) is 9.59 Å². The highest BCUT2D eigenvalue weighted by Crippen LogP contribution is 2.09. The largest absolute Gasteiger partial charge is 0.316 e. The van der Waals surface area contributed by atoms with Crippen molar-refractivity contribution in [1.82, 2.24) is 9.97 Å². The molecule has 0 saturated heterocycles. The predicted octanol–water partition coefficient (Wildman–Crippen LogP) is 0.0881. The highest BCUT2D eigenvalue weighted by molar-refractivity contribution is 5.79. The molecule has 2 rings (SSSR count). The summed E-state index contributed by atoms with van der Waals surface area (Å²) in [5, 5.41) is 8.73. The minimum Gasteiger partial charge on any atom is -0.316 e. The van der Waals surface area contributed by atoms with Crippen molar-refractivity contribution in [1.29, 1.82) is 5.26 Å². The van der Waals surface area contributed by atoms with Crippen LogP contribution >= 0.6 is 0 Å². The Balaban J connectivity index is 3.05. The molecule has 14 heavy (non-hydrogen) atoms. The molecule has 0 atom stereocenters. The van der Waals surface area contributed by atoms with Crippen LogP contribution in [-0.2, 0) is 0 Å². The van der Waals surface area contributed by atoms with Gasteiger partial charge in [0.1, 0.15) is 6.07 Å². The van der Waals surface area contributed by atoms with E-state index < -0.39 is 11.1 Å². The predicted molar refractivity (Wildman–Crippen MR) is 49.9 cm³/mol. The molecule has 5 nitrogen and oxygen atoms in total. The first-order valence-corrected chi connectivity index (χ1v) is 3.88. The summed E-state index contributed by atoms with van der Waals surface area (Å²) in [6, 6.07) is 6.74. The van der Waals surface area contributed by atoms with Crippen molar-refractivity contribution >= 4 is 11.0 Å². The van der Waals surface area contributed by atoms with Crippen LogP contribution in [0.1, 0.15) is 5.56 Å². The van der Waals surface area contributed by atoms with Gasteiger partial charge in [0.05, 0.1) is 16.6 Å². The third-order valence-electron chi connectivity index (χ3n) is 1.88. The van der Waals surface area contributed by atoms with E-state index in [-0.39, 0.29) is 0 Å². The van der Waals surface area contributed by atoms with Gasteiger partial charge in [0, 0.05) is 0 Å². The lowest BCUT2D eigenvalue weighted by Gasteiger charge is -1.97. The van der Waals surface area contributed by atoms with Crippen molar-refractivity contribution < 1.29 is 0 Å². The number of aromatic amines is 2. The molecule has 0 aliphatic carbocycles. The van der Waals surface area contributed by atoms with E-state index >= 15 is 0 Å². The molecule has 2 aromatic rings. The molecule has 1 heterocycles. The van der Waals surface area contributed by atoms with Crippen LogP contribution in [0.3, 0.4) is 0 Å². The third kappa shape index (κ3) is 1.10. The molecule has 0 amide bonds. The number of hydrogen-bond acceptors (Lipinski definition) is 3. The minimum atomic E-state index is -0.750. The van der Waals surface area contributed by atoms with Gasteiger partial charge in [-0.25, -0.2) is 0 Å². The molecule has 0 aliphatic rings. The summed E-state index contributed by atoms with van der Waals surface area (Å²) in [5.74, 6) is 0. The summed E-state index contributed by atoms with van der Waals surface area (Å²) in [5.41, 5.74) is -0.322. The quantitative estimate of drug-likeness (QED) is 0.572. The molecule has 0 unspecified atom stereocenters. The number of benzene rings is 1. The highest BCUT2D eigenvalue weighted by atomic mass is 16.2. The number of nitrogens with one attached hydrogen (secondary N) is 2. The molecule has 68 valence electrons. The first kappa shape index (κ1) is 8.26. The maximum absolute atomic E-state index is 11.0. The molecular formula is C9H5N3O2. The van der Waals surface area contributed by atoms with Crippen LogP contribution in [0, 0.1) is 11.3 Å². The van der Waals surface area contributed by atoms with E-state index in [9.17, 15) is 9.59 Å². The lowest BCUT2D eigenvalue weighted by molar-refractivity contribution is 1.14. The zero-order valence-electron chi connectivity index (χ0n) is 7.00. The third-order valence-corrected chi connectivity index (χ3v) is 1.88. The van der Waals surface area contributed by atoms with Gasteiger partial charge in [0.15, 0.2) is 0 Å². The number of nitrogens with zero attached hydrogens (tertiary/aromatic N) is 1. The van der Waals surface area contributed by atoms with Crippen molar-refractivity contribution in [3.05, 3.63) is 44.5 Å². The van der Waals surface area contributed by atoms with E-state index in [0.29, 0.717) is 16.6 Å². The molecule has 1 aromatic heterocycles. The normalized spacial score (nSPS) is 9.93. The molecule has 0 fully saturated rings. The molecular weight excluding hydrogens is 182 g/mol. The van der Waals surface area contributed by atoms with Gasteiger partial charge >= 0.3 is 11.1 Å². The average Bonchev–Trinajstić information content (AvgIpc) is 2.19. The second kappa shape index (κ2) is 2.85. The monoisotopic (exact) mass is 187 g/mol. The summed E-state index contributed by atoms with van der Waals surface area (Å²) < 4.78 is 0. The Bertz CT molecular complexity index is 645. The summed E-state index contributed by atoms with van der Waals surface area (Å²) in [6.07, 6.45) is 0. The second-order valence-corrected chi connectivity index (χ2v) is 2.75. The Kier molecular flexibility index (Phi) is 1.68. The van der Waals surface area contributed by atoms with Gasteiger partial charge < -0.3 is 9.97 Å². The number of aromatic nitrogens is 2. The highest BCUT2D eigenvalue weighted by Gasteiger charge is 2.02. The number of hydrogen-bond donors (Lipinski definition) is 2. The van der Waals surface area contributed by atoms with Gasteiger partial charge in [-0.2, -0.15) is 5.26 Å². The van der Waals surface area contributed by atoms with Crippen molar-refractivity contribution in [2.75, 3.05) is 0 Å². The number of para-hydroxylation sites is 1. The van der Waals surface area contributed by atoms with Gasteiger partial charge in [0.2, 0.25) is 0 Å². The number of H-pyrrole nitrogens is 2. The van der Waals surface area contributed by atoms with Crippen molar-refractivity contribution in [2.45, 2.75) is 0 Å². The van der Waals surface area contributed by atoms with Crippen molar-refractivity contribution in [2.24, 2.45) is 0 Å². The maximum Gasteiger partial charge on any atom is 0.314 e. The summed E-state index contributed by atoms with van der Waals surface area (Å²) in [6.45, 7) is 0. The van der Waals surface area contributed by atoms with Crippen LogP contribution in [0.2, 0.25) is 0 Å². The smallest absolute Gasteiger partial charge is 0.314 e. The van der Waals surface area contributed by atoms with Crippen LogP contribution in [-0.4, -0.2) is 9.97 Å². The molecule has 0 bridgehead atoms. The summed E-state index contributed by atoms with van der Waals surface area (Å²) >= 11 is 0. The zero-order chi connectivity index (χ0) is 10.1. The summed E-state index contributed by atoms with van der Waals surface area (Å²) in [4.78, 5) is 26.7. The van der Waals surface area contributed by atoms with Crippen molar-refractivity contribution in [3.8, 4) is 6.07 Å². The average molecular weight is 187 g/mol. The van der Waals surface area contributed by atoms with Crippen molar-refractivity contribution in [3.63, 3.8) is 0 Å². The van der Waals surface area contributed by atoms with Crippen LogP contribution < -0.4 is 11.1 Å².